The van der Waals surface area contributed by atoms with E-state index in [9.17, 15) is 0 Å². The summed E-state index contributed by atoms with van der Waals surface area (Å²) >= 11 is 0. The predicted molar refractivity (Wildman–Crippen MR) is 55.0 cm³/mol. The number of hydrogen-bond acceptors (Lipinski definition) is 3. The average molecular weight is 198 g/mol. The Morgan fingerprint density at radius 3 is 3.14 bits per heavy atom. The van der Waals surface area contributed by atoms with Crippen LogP contribution in [0.5, 0.6) is 0 Å². The normalized spacial score (nSPS) is 23.9. The molecule has 5 nitrogen and oxygen atoms in total. The zero-order chi connectivity index (χ0) is 10.2. The Hall–Kier alpha value is -0.770. The van der Waals surface area contributed by atoms with Gasteiger partial charge < -0.3 is 10.1 Å². The van der Waals surface area contributed by atoms with Gasteiger partial charge in [-0.15, -0.1) is 0 Å². The van der Waals surface area contributed by atoms with E-state index >= 15 is 0 Å². The minimum Gasteiger partial charge on any atom is -0.381 e. The van der Waals surface area contributed by atoms with Crippen molar-refractivity contribution in [2.45, 2.75) is 25.3 Å². The van der Waals surface area contributed by atoms with Crippen molar-refractivity contribution >= 4 is 0 Å². The summed E-state index contributed by atoms with van der Waals surface area (Å²) in [4.78, 5) is 2.77. The van der Waals surface area contributed by atoms with Gasteiger partial charge in [0.05, 0.1) is 0 Å². The zero-order valence-corrected chi connectivity index (χ0v) is 8.65. The van der Waals surface area contributed by atoms with Gasteiger partial charge in [-0.1, -0.05) is 5.11 Å². The highest BCUT2D eigenvalue weighted by Crippen LogP contribution is 2.18. The fourth-order valence-electron chi connectivity index (χ4n) is 1.81. The van der Waals surface area contributed by atoms with Crippen molar-refractivity contribution in [1.82, 2.24) is 5.32 Å². The summed E-state index contributed by atoms with van der Waals surface area (Å²) < 4.78 is 5.40. The van der Waals surface area contributed by atoms with Crippen LogP contribution in [0.3, 0.4) is 0 Å². The number of nitrogens with zero attached hydrogens (tertiary/aromatic N) is 3. The third-order valence-electron chi connectivity index (χ3n) is 2.65. The monoisotopic (exact) mass is 198 g/mol. The first-order valence-electron chi connectivity index (χ1n) is 5.12. The molecule has 0 spiro atoms. The zero-order valence-electron chi connectivity index (χ0n) is 8.65. The summed E-state index contributed by atoms with van der Waals surface area (Å²) in [5, 5.41) is 6.75. The molecule has 80 valence electrons. The van der Waals surface area contributed by atoms with Crippen LogP contribution in [-0.4, -0.2) is 32.8 Å². The van der Waals surface area contributed by atoms with Crippen molar-refractivity contribution in [2.75, 3.05) is 26.8 Å². The van der Waals surface area contributed by atoms with Gasteiger partial charge in [0.2, 0.25) is 0 Å². The molecule has 0 amide bonds. The Balaban J connectivity index is 2.26. The molecular weight excluding hydrogens is 180 g/mol. The third-order valence-corrected chi connectivity index (χ3v) is 2.65. The van der Waals surface area contributed by atoms with E-state index in [0.29, 0.717) is 12.5 Å². The topological polar surface area (TPSA) is 70.0 Å². The summed E-state index contributed by atoms with van der Waals surface area (Å²) in [7, 11) is 1.90. The van der Waals surface area contributed by atoms with Crippen LogP contribution >= 0.6 is 0 Å². The lowest BCUT2D eigenvalue weighted by Crippen LogP contribution is -2.33. The van der Waals surface area contributed by atoms with Crippen molar-refractivity contribution in [3.8, 4) is 0 Å². The van der Waals surface area contributed by atoms with Crippen LogP contribution in [0, 0.1) is 5.92 Å². The number of nitrogens with one attached hydrogen (secondary N) is 1. The molecule has 0 aliphatic carbocycles. The van der Waals surface area contributed by atoms with Crippen molar-refractivity contribution in [3.05, 3.63) is 10.4 Å². The van der Waals surface area contributed by atoms with Crippen LogP contribution in [0.2, 0.25) is 0 Å². The molecule has 0 aromatic rings. The molecule has 0 aromatic heterocycles. The van der Waals surface area contributed by atoms with Gasteiger partial charge in [-0.05, 0) is 37.8 Å². The van der Waals surface area contributed by atoms with Gasteiger partial charge in [-0.2, -0.15) is 0 Å². The minimum absolute atomic E-state index is 0.289. The molecule has 1 N–H and O–H groups in total. The van der Waals surface area contributed by atoms with E-state index in [2.05, 4.69) is 15.3 Å². The number of ether oxygens (including phenoxy) is 1. The number of likely N-dealkylation sites (N-methyl/N-ethyl adjacent to an activating group) is 1. The van der Waals surface area contributed by atoms with Crippen molar-refractivity contribution in [2.24, 2.45) is 11.0 Å². The fraction of sp³-hybridized carbons (Fsp3) is 1.00. The molecule has 1 rings (SSSR count). The Kier molecular flexibility index (Phi) is 5.37. The summed E-state index contributed by atoms with van der Waals surface area (Å²) in [5.41, 5.74) is 8.22. The van der Waals surface area contributed by atoms with E-state index in [1.807, 2.05) is 7.05 Å². The first-order valence-corrected chi connectivity index (χ1v) is 5.12. The molecule has 1 aliphatic heterocycles. The number of hydrogen-bond donors (Lipinski definition) is 1. The van der Waals surface area contributed by atoms with E-state index in [-0.39, 0.29) is 6.04 Å². The maximum Gasteiger partial charge on any atom is 0.0494 e. The SMILES string of the molecule is CN[C@H](CN=[N+]=[N-])C[C@H]1CCCOC1. The lowest BCUT2D eigenvalue weighted by molar-refractivity contribution is 0.0482. The largest absolute Gasteiger partial charge is 0.381 e. The second-order valence-corrected chi connectivity index (χ2v) is 3.72. The van der Waals surface area contributed by atoms with E-state index in [4.69, 9.17) is 10.3 Å². The third kappa shape index (κ3) is 3.96. The Morgan fingerprint density at radius 2 is 2.57 bits per heavy atom. The quantitative estimate of drug-likeness (QED) is 0.415. The maximum atomic E-state index is 8.22. The van der Waals surface area contributed by atoms with E-state index in [1.165, 1.54) is 6.42 Å². The van der Waals surface area contributed by atoms with Crippen LogP contribution in [0.15, 0.2) is 5.11 Å². The molecule has 0 radical (unpaired) electrons. The van der Waals surface area contributed by atoms with Crippen LogP contribution in [0.25, 0.3) is 10.4 Å². The summed E-state index contributed by atoms with van der Waals surface area (Å²) in [6.07, 6.45) is 3.42. The molecule has 1 aliphatic rings. The van der Waals surface area contributed by atoms with Crippen LogP contribution < -0.4 is 5.32 Å². The summed E-state index contributed by atoms with van der Waals surface area (Å²) in [6.45, 7) is 2.29. The molecule has 0 saturated carbocycles. The fourth-order valence-corrected chi connectivity index (χ4v) is 1.81. The molecule has 1 saturated heterocycles. The molecule has 5 heteroatoms. The highest BCUT2D eigenvalue weighted by atomic mass is 16.5. The molecule has 1 fully saturated rings. The van der Waals surface area contributed by atoms with Crippen LogP contribution in [-0.2, 0) is 4.74 Å². The van der Waals surface area contributed by atoms with Crippen LogP contribution in [0.1, 0.15) is 19.3 Å². The van der Waals surface area contributed by atoms with Crippen molar-refractivity contribution in [3.63, 3.8) is 0 Å². The Bertz CT molecular complexity index is 197. The predicted octanol–water partition coefficient (Wildman–Crippen LogP) is 1.70. The van der Waals surface area contributed by atoms with E-state index in [0.717, 1.165) is 26.1 Å². The molecule has 2 atom stereocenters. The van der Waals surface area contributed by atoms with Crippen LogP contribution in [0.4, 0.5) is 0 Å². The van der Waals surface area contributed by atoms with Gasteiger partial charge in [-0.3, -0.25) is 0 Å². The van der Waals surface area contributed by atoms with Gasteiger partial charge in [0.1, 0.15) is 0 Å². The van der Waals surface area contributed by atoms with Crippen molar-refractivity contribution < 1.29 is 4.74 Å². The van der Waals surface area contributed by atoms with Gasteiger partial charge in [0.25, 0.3) is 0 Å². The summed E-state index contributed by atoms with van der Waals surface area (Å²) in [5.74, 6) is 0.620. The molecule has 0 unspecified atom stereocenters. The smallest absolute Gasteiger partial charge is 0.0494 e. The standard InChI is InChI=1S/C9H18N4O/c1-11-9(6-12-13-10)5-8-3-2-4-14-7-8/h8-9,11H,2-7H2,1H3/t8-,9+/m1/s1. The second-order valence-electron chi connectivity index (χ2n) is 3.72. The van der Waals surface area contributed by atoms with Gasteiger partial charge >= 0.3 is 0 Å². The first-order chi connectivity index (χ1) is 6.86. The molecular formula is C9H18N4O. The molecule has 0 bridgehead atoms. The van der Waals surface area contributed by atoms with Gasteiger partial charge in [-0.25, -0.2) is 0 Å². The Morgan fingerprint density at radius 1 is 1.71 bits per heavy atom. The second kappa shape index (κ2) is 6.65. The number of azide groups is 1. The molecule has 14 heavy (non-hydrogen) atoms. The highest BCUT2D eigenvalue weighted by molar-refractivity contribution is 4.74. The Labute approximate surface area is 84.5 Å². The van der Waals surface area contributed by atoms with Crippen molar-refractivity contribution in [1.29, 1.82) is 0 Å². The van der Waals surface area contributed by atoms with Gasteiger partial charge in [0, 0.05) is 30.7 Å². The maximum absolute atomic E-state index is 8.22. The van der Waals surface area contributed by atoms with E-state index < -0.39 is 0 Å². The minimum atomic E-state index is 0.289. The van der Waals surface area contributed by atoms with Gasteiger partial charge in [0.15, 0.2) is 0 Å². The lowest BCUT2D eigenvalue weighted by Gasteiger charge is -2.25. The lowest BCUT2D eigenvalue weighted by atomic mass is 9.94. The first kappa shape index (κ1) is 11.3. The highest BCUT2D eigenvalue weighted by Gasteiger charge is 2.17. The molecule has 0 aromatic carbocycles. The molecule has 1 heterocycles. The average Bonchev–Trinajstić information content (AvgIpc) is 2.25. The van der Waals surface area contributed by atoms with E-state index in [1.54, 1.807) is 0 Å². The number of rotatable bonds is 5. The summed E-state index contributed by atoms with van der Waals surface area (Å²) in [6, 6.07) is 0.289.